The predicted octanol–water partition coefficient (Wildman–Crippen LogP) is 1.95. The number of carboxylic acids is 1. The van der Waals surface area contributed by atoms with Crippen LogP contribution in [0.1, 0.15) is 24.8 Å². The Morgan fingerprint density at radius 3 is 2.62 bits per heavy atom. The fraction of sp³-hybridized carbons (Fsp3) is 0.462. The molecule has 0 bridgehead atoms. The zero-order valence-corrected chi connectivity index (χ0v) is 9.47. The molecule has 1 N–H and O–H groups in total. The fourth-order valence-corrected chi connectivity index (χ4v) is 2.09. The van der Waals surface area contributed by atoms with E-state index in [9.17, 15) is 9.90 Å². The first-order valence-electron chi connectivity index (χ1n) is 5.70. The molecule has 16 heavy (non-hydrogen) atoms. The van der Waals surface area contributed by atoms with Gasteiger partial charge in [-0.15, -0.1) is 0 Å². The minimum Gasteiger partial charge on any atom is -0.481 e. The zero-order chi connectivity index (χ0) is 11.5. The van der Waals surface area contributed by atoms with Crippen molar-refractivity contribution in [3.63, 3.8) is 0 Å². The third-order valence-corrected chi connectivity index (χ3v) is 3.37. The molecule has 2 atom stereocenters. The van der Waals surface area contributed by atoms with E-state index in [1.165, 1.54) is 6.42 Å². The lowest BCUT2D eigenvalue weighted by Gasteiger charge is -2.40. The standard InChI is InChI=1S/C13H17NO2/c1-10-7-8-14(10)9-12(13(15)16)11-5-3-2-4-6-11/h2-6,10,12H,7-9H2,1H3,(H,15,16). The lowest BCUT2D eigenvalue weighted by atomic mass is 9.95. The fourth-order valence-electron chi connectivity index (χ4n) is 2.09. The van der Waals surface area contributed by atoms with Crippen molar-refractivity contribution in [2.24, 2.45) is 0 Å². The molecule has 1 saturated heterocycles. The number of carbonyl (C=O) groups is 1. The van der Waals surface area contributed by atoms with Crippen molar-refractivity contribution in [2.45, 2.75) is 25.3 Å². The third-order valence-electron chi connectivity index (χ3n) is 3.37. The lowest BCUT2D eigenvalue weighted by Crippen LogP contribution is -2.48. The maximum absolute atomic E-state index is 11.3. The summed E-state index contributed by atoms with van der Waals surface area (Å²) in [5, 5.41) is 9.25. The van der Waals surface area contributed by atoms with Gasteiger partial charge in [0.15, 0.2) is 0 Å². The van der Waals surface area contributed by atoms with Gasteiger partial charge in [-0.05, 0) is 25.5 Å². The third kappa shape index (κ3) is 2.25. The molecule has 86 valence electrons. The number of likely N-dealkylation sites (tertiary alicyclic amines) is 1. The maximum atomic E-state index is 11.3. The molecule has 0 aromatic heterocycles. The van der Waals surface area contributed by atoms with Crippen molar-refractivity contribution in [1.82, 2.24) is 4.90 Å². The largest absolute Gasteiger partial charge is 0.481 e. The molecule has 0 amide bonds. The van der Waals surface area contributed by atoms with E-state index in [0.29, 0.717) is 12.6 Å². The van der Waals surface area contributed by atoms with Crippen LogP contribution in [0.15, 0.2) is 30.3 Å². The van der Waals surface area contributed by atoms with Crippen LogP contribution >= 0.6 is 0 Å². The van der Waals surface area contributed by atoms with Gasteiger partial charge < -0.3 is 5.11 Å². The highest BCUT2D eigenvalue weighted by Gasteiger charge is 2.29. The van der Waals surface area contributed by atoms with Gasteiger partial charge in [0.2, 0.25) is 0 Å². The Morgan fingerprint density at radius 1 is 1.50 bits per heavy atom. The molecule has 1 fully saturated rings. The summed E-state index contributed by atoms with van der Waals surface area (Å²) < 4.78 is 0. The number of hydrogen-bond donors (Lipinski definition) is 1. The summed E-state index contributed by atoms with van der Waals surface area (Å²) in [4.78, 5) is 13.5. The molecule has 0 radical (unpaired) electrons. The second-order valence-electron chi connectivity index (χ2n) is 4.43. The summed E-state index contributed by atoms with van der Waals surface area (Å²) in [5.74, 6) is -1.13. The quantitative estimate of drug-likeness (QED) is 0.841. The van der Waals surface area contributed by atoms with Crippen LogP contribution in [0.2, 0.25) is 0 Å². The molecule has 0 aliphatic carbocycles. The second-order valence-corrected chi connectivity index (χ2v) is 4.43. The van der Waals surface area contributed by atoms with E-state index < -0.39 is 11.9 Å². The number of nitrogens with zero attached hydrogens (tertiary/aromatic N) is 1. The Kier molecular flexibility index (Phi) is 3.25. The summed E-state index contributed by atoms with van der Waals surface area (Å²) in [6.07, 6.45) is 1.18. The number of benzene rings is 1. The van der Waals surface area contributed by atoms with Crippen LogP contribution < -0.4 is 0 Å². The minimum absolute atomic E-state index is 0.399. The van der Waals surface area contributed by atoms with Gasteiger partial charge in [0.25, 0.3) is 0 Å². The molecular weight excluding hydrogens is 202 g/mol. The van der Waals surface area contributed by atoms with Gasteiger partial charge in [0, 0.05) is 12.6 Å². The van der Waals surface area contributed by atoms with Gasteiger partial charge >= 0.3 is 5.97 Å². The van der Waals surface area contributed by atoms with Gasteiger partial charge in [-0.3, -0.25) is 9.69 Å². The van der Waals surface area contributed by atoms with E-state index >= 15 is 0 Å². The van der Waals surface area contributed by atoms with Gasteiger partial charge in [-0.1, -0.05) is 30.3 Å². The van der Waals surface area contributed by atoms with Crippen LogP contribution in [-0.2, 0) is 4.79 Å². The van der Waals surface area contributed by atoms with Gasteiger partial charge in [0.1, 0.15) is 0 Å². The van der Waals surface area contributed by atoms with Gasteiger partial charge in [-0.2, -0.15) is 0 Å². The molecule has 2 rings (SSSR count). The molecule has 2 unspecified atom stereocenters. The van der Waals surface area contributed by atoms with E-state index in [1.54, 1.807) is 0 Å². The predicted molar refractivity (Wildman–Crippen MR) is 62.5 cm³/mol. The average Bonchev–Trinajstić information content (AvgIpc) is 2.28. The van der Waals surface area contributed by atoms with E-state index in [1.807, 2.05) is 30.3 Å². The van der Waals surface area contributed by atoms with Crippen LogP contribution in [0.4, 0.5) is 0 Å². The average molecular weight is 219 g/mol. The van der Waals surface area contributed by atoms with Crippen LogP contribution in [-0.4, -0.2) is 35.1 Å². The van der Waals surface area contributed by atoms with Gasteiger partial charge in [0.05, 0.1) is 5.92 Å². The first kappa shape index (κ1) is 11.1. The Balaban J connectivity index is 2.09. The van der Waals surface area contributed by atoms with Crippen molar-refractivity contribution in [2.75, 3.05) is 13.1 Å². The normalized spacial score (nSPS) is 22.4. The molecule has 3 nitrogen and oxygen atoms in total. The highest BCUT2D eigenvalue weighted by molar-refractivity contribution is 5.76. The summed E-state index contributed by atoms with van der Waals surface area (Å²) in [6.45, 7) is 3.80. The SMILES string of the molecule is CC1CCN1CC(C(=O)O)c1ccccc1. The Morgan fingerprint density at radius 2 is 2.19 bits per heavy atom. The van der Waals surface area contributed by atoms with Crippen molar-refractivity contribution >= 4 is 5.97 Å². The minimum atomic E-state index is -0.731. The molecule has 1 aliphatic heterocycles. The first-order valence-corrected chi connectivity index (χ1v) is 5.70. The first-order chi connectivity index (χ1) is 7.68. The molecule has 1 aromatic rings. The molecular formula is C13H17NO2. The Hall–Kier alpha value is -1.35. The topological polar surface area (TPSA) is 40.5 Å². The highest BCUT2D eigenvalue weighted by atomic mass is 16.4. The number of rotatable bonds is 4. The van der Waals surface area contributed by atoms with Crippen LogP contribution in [0.5, 0.6) is 0 Å². The lowest BCUT2D eigenvalue weighted by molar-refractivity contribution is -0.139. The Labute approximate surface area is 95.7 Å². The molecule has 0 spiro atoms. The van der Waals surface area contributed by atoms with Crippen molar-refractivity contribution < 1.29 is 9.90 Å². The van der Waals surface area contributed by atoms with Crippen LogP contribution in [0, 0.1) is 0 Å². The number of aliphatic carboxylic acids is 1. The van der Waals surface area contributed by atoms with Crippen LogP contribution in [0.25, 0.3) is 0 Å². The van der Waals surface area contributed by atoms with E-state index in [0.717, 1.165) is 12.1 Å². The maximum Gasteiger partial charge on any atom is 0.312 e. The zero-order valence-electron chi connectivity index (χ0n) is 9.47. The summed E-state index contributed by atoms with van der Waals surface area (Å²) in [7, 11) is 0. The molecule has 1 heterocycles. The monoisotopic (exact) mass is 219 g/mol. The number of hydrogen-bond acceptors (Lipinski definition) is 2. The smallest absolute Gasteiger partial charge is 0.312 e. The van der Waals surface area contributed by atoms with E-state index in [2.05, 4.69) is 11.8 Å². The van der Waals surface area contributed by atoms with E-state index in [4.69, 9.17) is 0 Å². The van der Waals surface area contributed by atoms with Crippen LogP contribution in [0.3, 0.4) is 0 Å². The van der Waals surface area contributed by atoms with Crippen molar-refractivity contribution in [1.29, 1.82) is 0 Å². The second kappa shape index (κ2) is 4.66. The summed E-state index contributed by atoms with van der Waals surface area (Å²) in [5.41, 5.74) is 0.897. The highest BCUT2D eigenvalue weighted by Crippen LogP contribution is 2.23. The van der Waals surface area contributed by atoms with E-state index in [-0.39, 0.29) is 0 Å². The summed E-state index contributed by atoms with van der Waals surface area (Å²) >= 11 is 0. The molecule has 1 aliphatic rings. The summed E-state index contributed by atoms with van der Waals surface area (Å²) in [6, 6.07) is 10.0. The Bertz CT molecular complexity index is 363. The molecule has 1 aromatic carbocycles. The molecule has 3 heteroatoms. The molecule has 0 saturated carbocycles. The number of carboxylic acid groups (broad SMARTS) is 1. The van der Waals surface area contributed by atoms with Crippen molar-refractivity contribution in [3.8, 4) is 0 Å². The van der Waals surface area contributed by atoms with Crippen molar-refractivity contribution in [3.05, 3.63) is 35.9 Å². The van der Waals surface area contributed by atoms with Gasteiger partial charge in [-0.25, -0.2) is 0 Å².